The first-order chi connectivity index (χ1) is 11.6. The number of aryl methyl sites for hydroxylation is 1. The predicted molar refractivity (Wildman–Crippen MR) is 109 cm³/mol. The molecule has 128 valence electrons. The smallest absolute Gasteiger partial charge is 0.174 e. The van der Waals surface area contributed by atoms with Crippen molar-refractivity contribution >= 4 is 34.4 Å². The summed E-state index contributed by atoms with van der Waals surface area (Å²) in [6.07, 6.45) is 6.46. The zero-order valence-electron chi connectivity index (χ0n) is 14.5. The monoisotopic (exact) mass is 358 g/mol. The molecule has 1 heterocycles. The maximum Gasteiger partial charge on any atom is 0.174 e. The summed E-state index contributed by atoms with van der Waals surface area (Å²) < 4.78 is 0. The molecule has 0 unspecified atom stereocenters. The van der Waals surface area contributed by atoms with E-state index in [1.54, 1.807) is 0 Å². The van der Waals surface area contributed by atoms with Gasteiger partial charge in [0.1, 0.15) is 0 Å². The summed E-state index contributed by atoms with van der Waals surface area (Å²) in [4.78, 5) is 3.83. The van der Waals surface area contributed by atoms with Crippen LogP contribution in [0.2, 0.25) is 0 Å². The van der Waals surface area contributed by atoms with Crippen molar-refractivity contribution in [2.24, 2.45) is 0 Å². The van der Waals surface area contributed by atoms with Crippen LogP contribution < -0.4 is 5.32 Å². The van der Waals surface area contributed by atoms with Crippen molar-refractivity contribution in [2.45, 2.75) is 58.0 Å². The maximum atomic E-state index is 5.85. The van der Waals surface area contributed by atoms with Crippen LogP contribution in [0, 0.1) is 6.92 Å². The normalized spacial score (nSPS) is 16.6. The standard InChI is InChI=1S/C20H26N2S2/c1-15-8-6-9-17(14-15)21-20(23)22(18-10-4-3-5-11-18)16(2)19-12-7-13-24-19/h6-9,12-14,16,18H,3-5,10-11H2,1-2H3,(H,21,23)/t16-/m0/s1. The van der Waals surface area contributed by atoms with Crippen molar-refractivity contribution in [1.29, 1.82) is 0 Å². The molecular formula is C20H26N2S2. The molecule has 24 heavy (non-hydrogen) atoms. The minimum atomic E-state index is 0.318. The summed E-state index contributed by atoms with van der Waals surface area (Å²) in [5.74, 6) is 0. The van der Waals surface area contributed by atoms with Gasteiger partial charge in [-0.1, -0.05) is 37.5 Å². The molecule has 0 saturated heterocycles. The lowest BCUT2D eigenvalue weighted by atomic mass is 9.93. The lowest BCUT2D eigenvalue weighted by Gasteiger charge is -2.40. The zero-order valence-corrected chi connectivity index (χ0v) is 16.1. The Morgan fingerprint density at radius 2 is 2.00 bits per heavy atom. The minimum absolute atomic E-state index is 0.318. The molecule has 0 aliphatic heterocycles. The zero-order chi connectivity index (χ0) is 16.9. The molecule has 1 atom stereocenters. The number of rotatable bonds is 4. The second-order valence-electron chi connectivity index (χ2n) is 6.69. The Morgan fingerprint density at radius 3 is 2.67 bits per heavy atom. The number of nitrogens with one attached hydrogen (secondary N) is 1. The number of hydrogen-bond donors (Lipinski definition) is 1. The molecule has 0 spiro atoms. The van der Waals surface area contributed by atoms with Crippen LogP contribution >= 0.6 is 23.6 Å². The third-order valence-electron chi connectivity index (χ3n) is 4.84. The first-order valence-electron chi connectivity index (χ1n) is 8.84. The van der Waals surface area contributed by atoms with Gasteiger partial charge in [0.05, 0.1) is 6.04 Å². The fourth-order valence-corrected chi connectivity index (χ4v) is 4.80. The van der Waals surface area contributed by atoms with E-state index in [0.717, 1.165) is 10.8 Å². The Bertz CT molecular complexity index is 660. The number of nitrogens with zero attached hydrogens (tertiary/aromatic N) is 1. The molecule has 1 aliphatic carbocycles. The second-order valence-corrected chi connectivity index (χ2v) is 8.06. The van der Waals surface area contributed by atoms with Crippen LogP contribution in [0.15, 0.2) is 41.8 Å². The second kappa shape index (κ2) is 8.13. The van der Waals surface area contributed by atoms with E-state index in [-0.39, 0.29) is 0 Å². The minimum Gasteiger partial charge on any atom is -0.338 e. The first kappa shape index (κ1) is 17.4. The summed E-state index contributed by atoms with van der Waals surface area (Å²) in [7, 11) is 0. The summed E-state index contributed by atoms with van der Waals surface area (Å²) in [6.45, 7) is 4.39. The molecule has 2 aromatic rings. The van der Waals surface area contributed by atoms with E-state index < -0.39 is 0 Å². The highest BCUT2D eigenvalue weighted by atomic mass is 32.1. The first-order valence-corrected chi connectivity index (χ1v) is 10.1. The molecule has 0 radical (unpaired) electrons. The van der Waals surface area contributed by atoms with Crippen LogP contribution in [0.4, 0.5) is 5.69 Å². The van der Waals surface area contributed by atoms with E-state index in [1.807, 2.05) is 11.3 Å². The lowest BCUT2D eigenvalue weighted by molar-refractivity contribution is 0.205. The molecular weight excluding hydrogens is 332 g/mol. The van der Waals surface area contributed by atoms with Gasteiger partial charge in [-0.05, 0) is 68.0 Å². The average Bonchev–Trinajstić information content (AvgIpc) is 3.10. The van der Waals surface area contributed by atoms with Crippen LogP contribution in [0.1, 0.15) is 55.5 Å². The fourth-order valence-electron chi connectivity index (χ4n) is 3.59. The largest absolute Gasteiger partial charge is 0.338 e. The number of anilines is 1. The van der Waals surface area contributed by atoms with Gasteiger partial charge in [-0.2, -0.15) is 0 Å². The van der Waals surface area contributed by atoms with Crippen molar-refractivity contribution in [3.63, 3.8) is 0 Å². The average molecular weight is 359 g/mol. The van der Waals surface area contributed by atoms with Gasteiger partial charge >= 0.3 is 0 Å². The van der Waals surface area contributed by atoms with E-state index in [4.69, 9.17) is 12.2 Å². The van der Waals surface area contributed by atoms with Crippen molar-refractivity contribution in [2.75, 3.05) is 5.32 Å². The molecule has 1 aromatic carbocycles. The van der Waals surface area contributed by atoms with E-state index >= 15 is 0 Å². The summed E-state index contributed by atoms with van der Waals surface area (Å²) in [6, 6.07) is 13.6. The molecule has 0 bridgehead atoms. The topological polar surface area (TPSA) is 15.3 Å². The number of thiophene rings is 1. The maximum absolute atomic E-state index is 5.85. The third kappa shape index (κ3) is 4.17. The van der Waals surface area contributed by atoms with E-state index in [2.05, 4.69) is 65.8 Å². The molecule has 1 saturated carbocycles. The molecule has 1 aliphatic rings. The Kier molecular flexibility index (Phi) is 5.90. The van der Waals surface area contributed by atoms with Gasteiger partial charge in [0, 0.05) is 16.6 Å². The van der Waals surface area contributed by atoms with Crippen LogP contribution in [-0.4, -0.2) is 16.1 Å². The van der Waals surface area contributed by atoms with Crippen LogP contribution in [0.3, 0.4) is 0 Å². The van der Waals surface area contributed by atoms with Crippen LogP contribution in [0.5, 0.6) is 0 Å². The number of hydrogen-bond acceptors (Lipinski definition) is 2. The molecule has 1 fully saturated rings. The Labute approximate surface area is 154 Å². The molecule has 0 amide bonds. The van der Waals surface area contributed by atoms with Gasteiger partial charge in [0.25, 0.3) is 0 Å². The molecule has 4 heteroatoms. The summed E-state index contributed by atoms with van der Waals surface area (Å²) in [5, 5.41) is 6.49. The van der Waals surface area contributed by atoms with Gasteiger partial charge in [-0.15, -0.1) is 11.3 Å². The molecule has 2 nitrogen and oxygen atoms in total. The van der Waals surface area contributed by atoms with Gasteiger partial charge in [-0.25, -0.2) is 0 Å². The highest BCUT2D eigenvalue weighted by Crippen LogP contribution is 2.32. The van der Waals surface area contributed by atoms with Crippen LogP contribution in [-0.2, 0) is 0 Å². The highest BCUT2D eigenvalue weighted by molar-refractivity contribution is 7.80. The van der Waals surface area contributed by atoms with Gasteiger partial charge in [0.2, 0.25) is 0 Å². The summed E-state index contributed by atoms with van der Waals surface area (Å²) in [5.41, 5.74) is 2.33. The quantitative estimate of drug-likeness (QED) is 0.660. The highest BCUT2D eigenvalue weighted by Gasteiger charge is 2.28. The third-order valence-corrected chi connectivity index (χ3v) is 6.20. The lowest BCUT2D eigenvalue weighted by Crippen LogP contribution is -2.45. The molecule has 1 N–H and O–H groups in total. The Hall–Kier alpha value is -1.39. The Balaban J connectivity index is 1.81. The van der Waals surface area contributed by atoms with E-state index in [0.29, 0.717) is 12.1 Å². The van der Waals surface area contributed by atoms with Crippen molar-refractivity contribution in [3.05, 3.63) is 52.2 Å². The number of benzene rings is 1. The predicted octanol–water partition coefficient (Wildman–Crippen LogP) is 6.15. The Morgan fingerprint density at radius 1 is 1.21 bits per heavy atom. The van der Waals surface area contributed by atoms with E-state index in [9.17, 15) is 0 Å². The van der Waals surface area contributed by atoms with Gasteiger partial charge in [-0.3, -0.25) is 0 Å². The van der Waals surface area contributed by atoms with Gasteiger partial charge in [0.15, 0.2) is 5.11 Å². The van der Waals surface area contributed by atoms with Crippen LogP contribution in [0.25, 0.3) is 0 Å². The van der Waals surface area contributed by atoms with E-state index in [1.165, 1.54) is 42.5 Å². The SMILES string of the molecule is Cc1cccc(NC(=S)N(C2CCCCC2)[C@@H](C)c2cccs2)c1. The summed E-state index contributed by atoms with van der Waals surface area (Å²) >= 11 is 7.67. The molecule has 3 rings (SSSR count). The van der Waals surface area contributed by atoms with Crippen molar-refractivity contribution in [1.82, 2.24) is 4.90 Å². The van der Waals surface area contributed by atoms with Gasteiger partial charge < -0.3 is 10.2 Å². The number of thiocarbonyl (C=S) groups is 1. The van der Waals surface area contributed by atoms with Crippen molar-refractivity contribution in [3.8, 4) is 0 Å². The fraction of sp³-hybridized carbons (Fsp3) is 0.450. The van der Waals surface area contributed by atoms with Crippen molar-refractivity contribution < 1.29 is 0 Å². The molecule has 1 aromatic heterocycles.